The molecule has 0 radical (unpaired) electrons. The molecular weight excluding hydrogens is 270 g/mol. The first-order chi connectivity index (χ1) is 7.72. The summed E-state index contributed by atoms with van der Waals surface area (Å²) in [5.41, 5.74) is 2.38. The smallest absolute Gasteiger partial charge is 0.123 e. The van der Waals surface area contributed by atoms with Gasteiger partial charge in [-0.1, -0.05) is 15.9 Å². The number of halogens is 1. The molecule has 1 N–H and O–H groups in total. The molecule has 0 bridgehead atoms. The van der Waals surface area contributed by atoms with E-state index >= 15 is 0 Å². The van der Waals surface area contributed by atoms with E-state index in [1.807, 2.05) is 13.1 Å². The zero-order chi connectivity index (χ0) is 12.0. The fourth-order valence-corrected chi connectivity index (χ4v) is 2.15. The molecule has 0 heterocycles. The number of likely N-dealkylation sites (N-methyl/N-ethyl adjacent to an activating group) is 1. The Bertz CT molecular complexity index is 342. The summed E-state index contributed by atoms with van der Waals surface area (Å²) in [6.45, 7) is 1.53. The van der Waals surface area contributed by atoms with Crippen LogP contribution < -0.4 is 10.1 Å². The van der Waals surface area contributed by atoms with Crippen molar-refractivity contribution in [3.63, 3.8) is 0 Å². The molecule has 16 heavy (non-hydrogen) atoms. The van der Waals surface area contributed by atoms with E-state index in [1.54, 1.807) is 14.2 Å². The molecule has 1 aromatic carbocycles. The highest BCUT2D eigenvalue weighted by Gasteiger charge is 2.10. The molecule has 0 aliphatic heterocycles. The minimum atomic E-state index is 0.606. The third-order valence-electron chi connectivity index (χ3n) is 2.41. The van der Waals surface area contributed by atoms with Crippen molar-refractivity contribution in [3.05, 3.63) is 27.7 Å². The van der Waals surface area contributed by atoms with Gasteiger partial charge in [-0.25, -0.2) is 0 Å². The molecule has 0 aliphatic carbocycles. The van der Waals surface area contributed by atoms with E-state index in [1.165, 1.54) is 11.1 Å². The Morgan fingerprint density at radius 1 is 1.31 bits per heavy atom. The Labute approximate surface area is 105 Å². The monoisotopic (exact) mass is 287 g/mol. The molecular formula is C12H18BrNO2. The lowest BCUT2D eigenvalue weighted by Gasteiger charge is -2.14. The van der Waals surface area contributed by atoms with Gasteiger partial charge in [0.25, 0.3) is 0 Å². The summed E-state index contributed by atoms with van der Waals surface area (Å²) < 4.78 is 11.6. The maximum Gasteiger partial charge on any atom is 0.123 e. The third kappa shape index (κ3) is 3.47. The average molecular weight is 288 g/mol. The van der Waals surface area contributed by atoms with Gasteiger partial charge in [0, 0.05) is 17.1 Å². The molecule has 0 aromatic heterocycles. The Morgan fingerprint density at radius 3 is 2.62 bits per heavy atom. The zero-order valence-electron chi connectivity index (χ0n) is 9.97. The SMILES string of the molecule is CNCCc1c(COC)cc(Br)cc1OC. The normalized spacial score (nSPS) is 10.5. The van der Waals surface area contributed by atoms with Gasteiger partial charge in [-0.3, -0.25) is 0 Å². The van der Waals surface area contributed by atoms with Crippen molar-refractivity contribution in [3.8, 4) is 5.75 Å². The van der Waals surface area contributed by atoms with Crippen LogP contribution in [0.2, 0.25) is 0 Å². The largest absolute Gasteiger partial charge is 0.496 e. The van der Waals surface area contributed by atoms with E-state index in [2.05, 4.69) is 27.3 Å². The quantitative estimate of drug-likeness (QED) is 0.871. The van der Waals surface area contributed by atoms with E-state index in [0.29, 0.717) is 6.61 Å². The number of methoxy groups -OCH3 is 2. The van der Waals surface area contributed by atoms with Crippen LogP contribution in [0, 0.1) is 0 Å². The van der Waals surface area contributed by atoms with Crippen LogP contribution in [0.3, 0.4) is 0 Å². The molecule has 1 aromatic rings. The van der Waals surface area contributed by atoms with Gasteiger partial charge in [-0.2, -0.15) is 0 Å². The summed E-state index contributed by atoms with van der Waals surface area (Å²) in [4.78, 5) is 0. The van der Waals surface area contributed by atoms with Crippen molar-refractivity contribution in [1.29, 1.82) is 0 Å². The van der Waals surface area contributed by atoms with Crippen molar-refractivity contribution in [2.45, 2.75) is 13.0 Å². The molecule has 0 amide bonds. The van der Waals surface area contributed by atoms with Crippen molar-refractivity contribution in [2.24, 2.45) is 0 Å². The van der Waals surface area contributed by atoms with E-state index in [0.717, 1.165) is 23.2 Å². The molecule has 0 aliphatic rings. The zero-order valence-corrected chi connectivity index (χ0v) is 11.6. The van der Waals surface area contributed by atoms with Crippen molar-refractivity contribution >= 4 is 15.9 Å². The lowest BCUT2D eigenvalue weighted by Crippen LogP contribution is -2.12. The number of rotatable bonds is 6. The van der Waals surface area contributed by atoms with Gasteiger partial charge in [0.05, 0.1) is 13.7 Å². The Morgan fingerprint density at radius 2 is 2.06 bits per heavy atom. The predicted molar refractivity (Wildman–Crippen MR) is 69.0 cm³/mol. The second kappa shape index (κ2) is 6.89. The van der Waals surface area contributed by atoms with Gasteiger partial charge >= 0.3 is 0 Å². The maximum atomic E-state index is 5.40. The summed E-state index contributed by atoms with van der Waals surface area (Å²) in [6, 6.07) is 4.07. The number of hydrogen-bond donors (Lipinski definition) is 1. The molecule has 4 heteroatoms. The van der Waals surface area contributed by atoms with Crippen molar-refractivity contribution in [2.75, 3.05) is 27.8 Å². The molecule has 90 valence electrons. The van der Waals surface area contributed by atoms with Crippen LogP contribution in [0.25, 0.3) is 0 Å². The summed E-state index contributed by atoms with van der Waals surface area (Å²) in [5.74, 6) is 0.914. The molecule has 3 nitrogen and oxygen atoms in total. The fraction of sp³-hybridized carbons (Fsp3) is 0.500. The predicted octanol–water partition coefficient (Wildman–Crippen LogP) is 2.37. The Kier molecular flexibility index (Phi) is 5.80. The lowest BCUT2D eigenvalue weighted by atomic mass is 10.0. The average Bonchev–Trinajstić information content (AvgIpc) is 2.27. The standard InChI is InChI=1S/C12H18BrNO2/c1-14-5-4-11-9(8-15-2)6-10(13)7-12(11)16-3/h6-7,14H,4-5,8H2,1-3H3. The summed E-state index contributed by atoms with van der Waals surface area (Å²) in [6.07, 6.45) is 0.936. The van der Waals surface area contributed by atoms with Crippen LogP contribution in [-0.4, -0.2) is 27.8 Å². The summed E-state index contributed by atoms with van der Waals surface area (Å²) in [7, 11) is 5.35. The van der Waals surface area contributed by atoms with E-state index in [-0.39, 0.29) is 0 Å². The number of nitrogens with one attached hydrogen (secondary N) is 1. The molecule has 0 saturated heterocycles. The van der Waals surface area contributed by atoms with Crippen molar-refractivity contribution < 1.29 is 9.47 Å². The number of benzene rings is 1. The fourth-order valence-electron chi connectivity index (χ4n) is 1.67. The number of hydrogen-bond acceptors (Lipinski definition) is 3. The molecule has 0 spiro atoms. The first-order valence-corrected chi connectivity index (χ1v) is 6.01. The van der Waals surface area contributed by atoms with Gasteiger partial charge in [0.2, 0.25) is 0 Å². The van der Waals surface area contributed by atoms with Crippen LogP contribution in [0.1, 0.15) is 11.1 Å². The molecule has 1 rings (SSSR count). The molecule has 0 unspecified atom stereocenters. The molecule has 0 fully saturated rings. The van der Waals surface area contributed by atoms with Crippen molar-refractivity contribution in [1.82, 2.24) is 5.32 Å². The van der Waals surface area contributed by atoms with Gasteiger partial charge in [0.15, 0.2) is 0 Å². The lowest BCUT2D eigenvalue weighted by molar-refractivity contribution is 0.183. The Hall–Kier alpha value is -0.580. The first kappa shape index (κ1) is 13.5. The van der Waals surface area contributed by atoms with Crippen LogP contribution in [0.4, 0.5) is 0 Å². The van der Waals surface area contributed by atoms with Crippen LogP contribution in [0.15, 0.2) is 16.6 Å². The van der Waals surface area contributed by atoms with Gasteiger partial charge in [0.1, 0.15) is 5.75 Å². The van der Waals surface area contributed by atoms with Gasteiger partial charge in [-0.15, -0.1) is 0 Å². The highest BCUT2D eigenvalue weighted by Crippen LogP contribution is 2.28. The minimum Gasteiger partial charge on any atom is -0.496 e. The van der Waals surface area contributed by atoms with Crippen LogP contribution >= 0.6 is 15.9 Å². The van der Waals surface area contributed by atoms with E-state index in [4.69, 9.17) is 9.47 Å². The summed E-state index contributed by atoms with van der Waals surface area (Å²) >= 11 is 3.47. The highest BCUT2D eigenvalue weighted by atomic mass is 79.9. The first-order valence-electron chi connectivity index (χ1n) is 5.21. The second-order valence-electron chi connectivity index (χ2n) is 3.53. The molecule has 0 saturated carbocycles. The maximum absolute atomic E-state index is 5.40. The number of ether oxygens (including phenoxy) is 2. The minimum absolute atomic E-state index is 0.606. The third-order valence-corrected chi connectivity index (χ3v) is 2.87. The second-order valence-corrected chi connectivity index (χ2v) is 4.45. The molecule has 0 atom stereocenters. The van der Waals surface area contributed by atoms with Crippen LogP contribution in [-0.2, 0) is 17.8 Å². The van der Waals surface area contributed by atoms with Gasteiger partial charge < -0.3 is 14.8 Å². The van der Waals surface area contributed by atoms with Crippen LogP contribution in [0.5, 0.6) is 5.75 Å². The summed E-state index contributed by atoms with van der Waals surface area (Å²) in [5, 5.41) is 3.14. The van der Waals surface area contributed by atoms with E-state index < -0.39 is 0 Å². The van der Waals surface area contributed by atoms with Gasteiger partial charge in [-0.05, 0) is 37.7 Å². The van der Waals surface area contributed by atoms with E-state index in [9.17, 15) is 0 Å². The topological polar surface area (TPSA) is 30.5 Å². The Balaban J connectivity index is 3.05. The highest BCUT2D eigenvalue weighted by molar-refractivity contribution is 9.10.